The lowest BCUT2D eigenvalue weighted by atomic mass is 9.98. The maximum Gasteiger partial charge on any atom is 0.249 e. The average Bonchev–Trinajstić information content (AvgIpc) is 3.31. The molecule has 1 aromatic heterocycles. The molecule has 2 atom stereocenters. The summed E-state index contributed by atoms with van der Waals surface area (Å²) < 4.78 is 12.0. The monoisotopic (exact) mass is 314 g/mol. The summed E-state index contributed by atoms with van der Waals surface area (Å²) in [6.45, 7) is 2.04. The molecule has 1 aliphatic carbocycles. The molecule has 3 heterocycles. The number of carbonyl (C=O) groups excluding carboxylic acids is 1. The van der Waals surface area contributed by atoms with E-state index in [2.05, 4.69) is 11.1 Å². The molecule has 0 bridgehead atoms. The molecule has 0 unspecified atom stereocenters. The molecule has 2 saturated heterocycles. The first kappa shape index (κ1) is 14.7. The molecule has 2 fully saturated rings. The van der Waals surface area contributed by atoms with Gasteiger partial charge in [0.1, 0.15) is 6.10 Å². The van der Waals surface area contributed by atoms with Crippen molar-refractivity contribution in [3.05, 3.63) is 36.0 Å². The quantitative estimate of drug-likeness (QED) is 0.859. The molecule has 1 aromatic rings. The van der Waals surface area contributed by atoms with Gasteiger partial charge in [-0.05, 0) is 31.7 Å². The van der Waals surface area contributed by atoms with Crippen molar-refractivity contribution in [3.63, 3.8) is 0 Å². The Hall–Kier alpha value is -1.88. The van der Waals surface area contributed by atoms with Crippen molar-refractivity contribution in [2.24, 2.45) is 0 Å². The Labute approximate surface area is 136 Å². The maximum atomic E-state index is 12.5. The Bertz CT molecular complexity index is 616. The number of ether oxygens (including phenoxy) is 2. The molecule has 0 N–H and O–H groups in total. The minimum Gasteiger partial charge on any atom is -0.472 e. The lowest BCUT2D eigenvalue weighted by molar-refractivity contribution is -0.127. The third-order valence-corrected chi connectivity index (χ3v) is 5.02. The van der Waals surface area contributed by atoms with Gasteiger partial charge in [0.15, 0.2) is 0 Å². The van der Waals surface area contributed by atoms with E-state index in [0.717, 1.165) is 44.2 Å². The Morgan fingerprint density at radius 2 is 2.39 bits per heavy atom. The van der Waals surface area contributed by atoms with Crippen LogP contribution in [0.15, 0.2) is 36.0 Å². The number of likely N-dealkylation sites (tertiary alicyclic amines) is 1. The van der Waals surface area contributed by atoms with Crippen LogP contribution in [0.1, 0.15) is 32.1 Å². The first-order valence-corrected chi connectivity index (χ1v) is 8.44. The van der Waals surface area contributed by atoms with Gasteiger partial charge in [-0.15, -0.1) is 0 Å². The van der Waals surface area contributed by atoms with Gasteiger partial charge in [-0.25, -0.2) is 4.98 Å². The van der Waals surface area contributed by atoms with Gasteiger partial charge >= 0.3 is 0 Å². The van der Waals surface area contributed by atoms with Gasteiger partial charge in [-0.3, -0.25) is 4.79 Å². The highest BCUT2D eigenvalue weighted by Crippen LogP contribution is 2.37. The molecule has 0 radical (unpaired) electrons. The first-order valence-electron chi connectivity index (χ1n) is 8.44. The van der Waals surface area contributed by atoms with E-state index in [0.29, 0.717) is 19.0 Å². The van der Waals surface area contributed by atoms with E-state index in [-0.39, 0.29) is 17.6 Å². The number of carbonyl (C=O) groups is 1. The number of nitrogens with zero attached hydrogens (tertiary/aromatic N) is 2. The summed E-state index contributed by atoms with van der Waals surface area (Å²) in [6.07, 6.45) is 8.63. The molecule has 1 amide bonds. The normalized spacial score (nSPS) is 30.0. The lowest BCUT2D eigenvalue weighted by Crippen LogP contribution is -2.36. The number of pyridine rings is 1. The van der Waals surface area contributed by atoms with Crippen molar-refractivity contribution in [1.82, 2.24) is 9.88 Å². The largest absolute Gasteiger partial charge is 0.472 e. The predicted octanol–water partition coefficient (Wildman–Crippen LogP) is 2.33. The molecule has 0 aromatic carbocycles. The van der Waals surface area contributed by atoms with Crippen LogP contribution in [0.4, 0.5) is 0 Å². The number of hydrogen-bond donors (Lipinski definition) is 0. The van der Waals surface area contributed by atoms with Gasteiger partial charge in [0.2, 0.25) is 11.8 Å². The number of rotatable bonds is 3. The fraction of sp³-hybridized carbons (Fsp3) is 0.556. The number of hydrogen-bond acceptors (Lipinski definition) is 4. The van der Waals surface area contributed by atoms with Gasteiger partial charge in [-0.2, -0.15) is 0 Å². The molecule has 1 spiro atoms. The van der Waals surface area contributed by atoms with Crippen LogP contribution >= 0.6 is 0 Å². The molecule has 3 aliphatic rings. The van der Waals surface area contributed by atoms with Crippen molar-refractivity contribution >= 4 is 5.91 Å². The summed E-state index contributed by atoms with van der Waals surface area (Å²) >= 11 is 0. The lowest BCUT2D eigenvalue weighted by Gasteiger charge is -2.23. The van der Waals surface area contributed by atoms with Crippen LogP contribution in [-0.2, 0) is 9.53 Å². The Kier molecular flexibility index (Phi) is 3.81. The second-order valence-corrected chi connectivity index (χ2v) is 6.70. The van der Waals surface area contributed by atoms with Gasteiger partial charge in [-0.1, -0.05) is 12.1 Å². The second-order valence-electron chi connectivity index (χ2n) is 6.70. The zero-order valence-corrected chi connectivity index (χ0v) is 13.2. The van der Waals surface area contributed by atoms with Crippen molar-refractivity contribution < 1.29 is 14.3 Å². The van der Waals surface area contributed by atoms with E-state index in [1.165, 1.54) is 0 Å². The molecular formula is C18H22N2O3. The standard InChI is InChI=1S/C18H22N2O3/c21-17(14-5-1-2-6-14)20-10-8-18(13-20)11-15(12-22-18)23-16-7-3-4-9-19-16/h3-5,7,9,15H,1-2,6,8,10-13H2/t15-,18-/m0/s1. The van der Waals surface area contributed by atoms with Crippen LogP contribution in [0.3, 0.4) is 0 Å². The Balaban J connectivity index is 1.36. The smallest absolute Gasteiger partial charge is 0.249 e. The topological polar surface area (TPSA) is 51.7 Å². The van der Waals surface area contributed by atoms with Gasteiger partial charge in [0.05, 0.1) is 18.8 Å². The van der Waals surface area contributed by atoms with Crippen LogP contribution in [0.25, 0.3) is 0 Å². The maximum absolute atomic E-state index is 12.5. The van der Waals surface area contributed by atoms with E-state index in [1.807, 2.05) is 23.1 Å². The predicted molar refractivity (Wildman–Crippen MR) is 85.1 cm³/mol. The fourth-order valence-corrected chi connectivity index (χ4v) is 3.84. The van der Waals surface area contributed by atoms with Gasteiger partial charge < -0.3 is 14.4 Å². The third kappa shape index (κ3) is 2.98. The zero-order chi connectivity index (χ0) is 15.7. The molecule has 122 valence electrons. The van der Waals surface area contributed by atoms with Crippen LogP contribution in [0.2, 0.25) is 0 Å². The molecule has 5 heteroatoms. The van der Waals surface area contributed by atoms with E-state index in [1.54, 1.807) is 6.20 Å². The van der Waals surface area contributed by atoms with E-state index in [9.17, 15) is 4.79 Å². The van der Waals surface area contributed by atoms with E-state index < -0.39 is 0 Å². The number of amides is 1. The fourth-order valence-electron chi connectivity index (χ4n) is 3.84. The Morgan fingerprint density at radius 3 is 3.17 bits per heavy atom. The van der Waals surface area contributed by atoms with Crippen LogP contribution < -0.4 is 4.74 Å². The molecule has 4 rings (SSSR count). The van der Waals surface area contributed by atoms with Gasteiger partial charge in [0.25, 0.3) is 0 Å². The minimum atomic E-state index is -0.228. The molecule has 2 aliphatic heterocycles. The SMILES string of the molecule is O=C(C1=CCCC1)N1CC[C@]2(C[C@H](Oc3ccccn3)CO2)C1. The highest BCUT2D eigenvalue weighted by molar-refractivity contribution is 5.94. The summed E-state index contributed by atoms with van der Waals surface area (Å²) in [5.74, 6) is 0.845. The minimum absolute atomic E-state index is 0.0191. The second kappa shape index (κ2) is 5.96. The average molecular weight is 314 g/mol. The summed E-state index contributed by atoms with van der Waals surface area (Å²) in [7, 11) is 0. The van der Waals surface area contributed by atoms with Crippen LogP contribution in [0, 0.1) is 0 Å². The highest BCUT2D eigenvalue weighted by Gasteiger charge is 2.47. The van der Waals surface area contributed by atoms with Gasteiger partial charge in [0, 0.05) is 30.8 Å². The zero-order valence-electron chi connectivity index (χ0n) is 13.2. The summed E-state index contributed by atoms with van der Waals surface area (Å²) in [6, 6.07) is 5.65. The summed E-state index contributed by atoms with van der Waals surface area (Å²) in [5, 5.41) is 0. The Morgan fingerprint density at radius 1 is 1.43 bits per heavy atom. The van der Waals surface area contributed by atoms with Crippen molar-refractivity contribution in [3.8, 4) is 5.88 Å². The molecule has 0 saturated carbocycles. The van der Waals surface area contributed by atoms with Crippen molar-refractivity contribution in [2.75, 3.05) is 19.7 Å². The summed E-state index contributed by atoms with van der Waals surface area (Å²) in [4.78, 5) is 18.7. The van der Waals surface area contributed by atoms with Crippen LogP contribution in [-0.4, -0.2) is 47.2 Å². The van der Waals surface area contributed by atoms with Crippen molar-refractivity contribution in [2.45, 2.75) is 43.8 Å². The first-order chi connectivity index (χ1) is 11.2. The molecule has 23 heavy (non-hydrogen) atoms. The van der Waals surface area contributed by atoms with E-state index in [4.69, 9.17) is 9.47 Å². The molecular weight excluding hydrogens is 292 g/mol. The summed E-state index contributed by atoms with van der Waals surface area (Å²) in [5.41, 5.74) is 0.759. The molecule has 5 nitrogen and oxygen atoms in total. The number of aromatic nitrogens is 1. The highest BCUT2D eigenvalue weighted by atomic mass is 16.6. The van der Waals surface area contributed by atoms with Crippen LogP contribution in [0.5, 0.6) is 5.88 Å². The van der Waals surface area contributed by atoms with E-state index >= 15 is 0 Å². The number of allylic oxidation sites excluding steroid dienone is 1. The third-order valence-electron chi connectivity index (χ3n) is 5.02. The van der Waals surface area contributed by atoms with Crippen molar-refractivity contribution in [1.29, 1.82) is 0 Å².